The first-order valence-corrected chi connectivity index (χ1v) is 5.85. The highest BCUT2D eigenvalue weighted by Crippen LogP contribution is 2.34. The first kappa shape index (κ1) is 13.5. The monoisotopic (exact) mass is 288 g/mol. The molecule has 100 valence electrons. The smallest absolute Gasteiger partial charge is 0.416 e. The van der Waals surface area contributed by atoms with Gasteiger partial charge < -0.3 is 9.52 Å². The number of halogens is 3. The summed E-state index contributed by atoms with van der Waals surface area (Å²) in [6.45, 7) is 0. The second kappa shape index (κ2) is 5.00. The van der Waals surface area contributed by atoms with Gasteiger partial charge >= 0.3 is 12.1 Å². The van der Waals surface area contributed by atoms with Crippen molar-refractivity contribution < 1.29 is 27.5 Å². The van der Waals surface area contributed by atoms with Crippen LogP contribution in [0.4, 0.5) is 13.2 Å². The van der Waals surface area contributed by atoms with Gasteiger partial charge in [0.1, 0.15) is 6.26 Å². The number of rotatable bonds is 3. The molecule has 1 aromatic carbocycles. The van der Waals surface area contributed by atoms with Crippen molar-refractivity contribution in [2.75, 3.05) is 0 Å². The fourth-order valence-electron chi connectivity index (χ4n) is 1.33. The van der Waals surface area contributed by atoms with E-state index in [-0.39, 0.29) is 10.7 Å². The molecule has 0 bridgehead atoms. The van der Waals surface area contributed by atoms with Crippen molar-refractivity contribution in [3.63, 3.8) is 0 Å². The Morgan fingerprint density at radius 1 is 1.26 bits per heavy atom. The van der Waals surface area contributed by atoms with E-state index < -0.39 is 17.7 Å². The summed E-state index contributed by atoms with van der Waals surface area (Å²) in [5.74, 6) is -1.15. The number of furan rings is 1. The van der Waals surface area contributed by atoms with E-state index in [2.05, 4.69) is 0 Å². The summed E-state index contributed by atoms with van der Waals surface area (Å²) >= 11 is 0.926. The first-order valence-electron chi connectivity index (χ1n) is 5.03. The molecule has 0 radical (unpaired) electrons. The van der Waals surface area contributed by atoms with Crippen LogP contribution in [0.5, 0.6) is 0 Å². The third kappa shape index (κ3) is 3.31. The molecule has 2 rings (SSSR count). The number of carboxylic acids is 1. The predicted octanol–water partition coefficient (Wildman–Crippen LogP) is 4.15. The number of alkyl halides is 3. The van der Waals surface area contributed by atoms with Gasteiger partial charge in [-0.1, -0.05) is 17.8 Å². The quantitative estimate of drug-likeness (QED) is 0.921. The summed E-state index contributed by atoms with van der Waals surface area (Å²) < 4.78 is 42.5. The van der Waals surface area contributed by atoms with Gasteiger partial charge in [-0.3, -0.25) is 0 Å². The Kier molecular flexibility index (Phi) is 3.57. The highest BCUT2D eigenvalue weighted by atomic mass is 32.2. The predicted molar refractivity (Wildman–Crippen MR) is 61.2 cm³/mol. The van der Waals surface area contributed by atoms with Gasteiger partial charge in [0.15, 0.2) is 5.09 Å². The highest BCUT2D eigenvalue weighted by Gasteiger charge is 2.30. The SMILES string of the molecule is O=C(O)c1coc(Sc2cccc(C(F)(F)F)c2)c1. The van der Waals surface area contributed by atoms with Crippen LogP contribution in [0.2, 0.25) is 0 Å². The van der Waals surface area contributed by atoms with Crippen LogP contribution in [-0.2, 0) is 6.18 Å². The molecule has 2 aromatic rings. The molecule has 0 amide bonds. The van der Waals surface area contributed by atoms with E-state index in [4.69, 9.17) is 9.52 Å². The maximum absolute atomic E-state index is 12.5. The minimum Gasteiger partial charge on any atom is -0.478 e. The van der Waals surface area contributed by atoms with E-state index in [9.17, 15) is 18.0 Å². The normalized spacial score (nSPS) is 11.5. The van der Waals surface area contributed by atoms with E-state index in [1.807, 2.05) is 0 Å². The molecule has 7 heteroatoms. The lowest BCUT2D eigenvalue weighted by Gasteiger charge is -2.07. The second-order valence-corrected chi connectivity index (χ2v) is 4.67. The lowest BCUT2D eigenvalue weighted by molar-refractivity contribution is -0.137. The zero-order chi connectivity index (χ0) is 14.0. The Balaban J connectivity index is 2.21. The van der Waals surface area contributed by atoms with Crippen LogP contribution in [0.3, 0.4) is 0 Å². The number of carbonyl (C=O) groups is 1. The molecule has 0 aliphatic rings. The third-order valence-corrected chi connectivity index (χ3v) is 3.11. The lowest BCUT2D eigenvalue weighted by Crippen LogP contribution is -2.04. The van der Waals surface area contributed by atoms with Crippen LogP contribution >= 0.6 is 11.8 Å². The molecule has 0 aliphatic heterocycles. The van der Waals surface area contributed by atoms with Crippen LogP contribution < -0.4 is 0 Å². The van der Waals surface area contributed by atoms with Crippen molar-refractivity contribution in [2.24, 2.45) is 0 Å². The summed E-state index contributed by atoms with van der Waals surface area (Å²) in [5, 5.41) is 8.92. The van der Waals surface area contributed by atoms with Gasteiger partial charge in [-0.05, 0) is 18.2 Å². The molecule has 0 saturated heterocycles. The molecule has 3 nitrogen and oxygen atoms in total. The zero-order valence-electron chi connectivity index (χ0n) is 9.27. The summed E-state index contributed by atoms with van der Waals surface area (Å²) in [6.07, 6.45) is -3.37. The van der Waals surface area contributed by atoms with Gasteiger partial charge in [0.05, 0.1) is 11.1 Å². The van der Waals surface area contributed by atoms with E-state index in [0.29, 0.717) is 4.90 Å². The average molecular weight is 288 g/mol. The largest absolute Gasteiger partial charge is 0.478 e. The lowest BCUT2D eigenvalue weighted by atomic mass is 10.2. The molecule has 0 unspecified atom stereocenters. The van der Waals surface area contributed by atoms with Crippen molar-refractivity contribution in [2.45, 2.75) is 16.2 Å². The third-order valence-electron chi connectivity index (χ3n) is 2.20. The van der Waals surface area contributed by atoms with Gasteiger partial charge in [-0.15, -0.1) is 0 Å². The Morgan fingerprint density at radius 2 is 2.00 bits per heavy atom. The molecule has 0 saturated carbocycles. The minimum absolute atomic E-state index is 0.0468. The van der Waals surface area contributed by atoms with Crippen molar-refractivity contribution in [1.82, 2.24) is 0 Å². The van der Waals surface area contributed by atoms with Crippen molar-refractivity contribution in [3.05, 3.63) is 47.7 Å². The molecule has 0 atom stereocenters. The number of aromatic carboxylic acids is 1. The minimum atomic E-state index is -4.41. The van der Waals surface area contributed by atoms with Gasteiger partial charge in [-0.2, -0.15) is 13.2 Å². The first-order chi connectivity index (χ1) is 8.86. The van der Waals surface area contributed by atoms with Gasteiger partial charge in [0, 0.05) is 11.0 Å². The number of hydrogen-bond acceptors (Lipinski definition) is 3. The zero-order valence-corrected chi connectivity index (χ0v) is 10.1. The standard InChI is InChI=1S/C12H7F3O3S/c13-12(14,15)8-2-1-3-9(5-8)19-10-4-7(6-18-10)11(16)17/h1-6H,(H,16,17). The fourth-order valence-corrected chi connectivity index (χ4v) is 2.18. The summed E-state index contributed by atoms with van der Waals surface area (Å²) in [6, 6.07) is 5.98. The topological polar surface area (TPSA) is 50.4 Å². The van der Waals surface area contributed by atoms with E-state index in [1.54, 1.807) is 0 Å². The van der Waals surface area contributed by atoms with Gasteiger partial charge in [0.25, 0.3) is 0 Å². The summed E-state index contributed by atoms with van der Waals surface area (Å²) in [5.41, 5.74) is -0.808. The van der Waals surface area contributed by atoms with Crippen LogP contribution in [0, 0.1) is 0 Å². The molecule has 19 heavy (non-hydrogen) atoms. The van der Waals surface area contributed by atoms with Crippen LogP contribution in [0.1, 0.15) is 15.9 Å². The highest BCUT2D eigenvalue weighted by molar-refractivity contribution is 7.99. The molecular formula is C12H7F3O3S. The van der Waals surface area contributed by atoms with Crippen molar-refractivity contribution in [3.8, 4) is 0 Å². The molecule has 0 fully saturated rings. The molecule has 0 aliphatic carbocycles. The van der Waals surface area contributed by atoms with Crippen molar-refractivity contribution >= 4 is 17.7 Å². The summed E-state index contributed by atoms with van der Waals surface area (Å²) in [7, 11) is 0. The van der Waals surface area contributed by atoms with Crippen LogP contribution in [0.15, 0.2) is 51.0 Å². The Bertz CT molecular complexity index is 604. The second-order valence-electron chi connectivity index (χ2n) is 3.59. The Hall–Kier alpha value is -1.89. The molecule has 1 aromatic heterocycles. The molecule has 1 heterocycles. The van der Waals surface area contributed by atoms with E-state index in [0.717, 1.165) is 30.2 Å². The number of benzene rings is 1. The molecular weight excluding hydrogens is 281 g/mol. The maximum Gasteiger partial charge on any atom is 0.416 e. The molecule has 0 spiro atoms. The average Bonchev–Trinajstić information content (AvgIpc) is 2.77. The maximum atomic E-state index is 12.5. The van der Waals surface area contributed by atoms with E-state index >= 15 is 0 Å². The van der Waals surface area contributed by atoms with Crippen molar-refractivity contribution in [1.29, 1.82) is 0 Å². The van der Waals surface area contributed by atoms with E-state index in [1.165, 1.54) is 18.2 Å². The molecule has 1 N–H and O–H groups in total. The Labute approximate surface area is 110 Å². The fraction of sp³-hybridized carbons (Fsp3) is 0.0833. The summed E-state index contributed by atoms with van der Waals surface area (Å²) in [4.78, 5) is 11.0. The van der Waals surface area contributed by atoms with Crippen LogP contribution in [-0.4, -0.2) is 11.1 Å². The number of carboxylic acid groups (broad SMARTS) is 1. The van der Waals surface area contributed by atoms with Gasteiger partial charge in [-0.25, -0.2) is 4.79 Å². The van der Waals surface area contributed by atoms with Crippen LogP contribution in [0.25, 0.3) is 0 Å². The Morgan fingerprint density at radius 3 is 2.58 bits per heavy atom. The van der Waals surface area contributed by atoms with Gasteiger partial charge in [0.2, 0.25) is 0 Å². The number of hydrogen-bond donors (Lipinski definition) is 1.